The first kappa shape index (κ1) is 21.9. The molecule has 32 heavy (non-hydrogen) atoms. The summed E-state index contributed by atoms with van der Waals surface area (Å²) >= 11 is 7.39. The van der Waals surface area contributed by atoms with E-state index in [1.165, 1.54) is 11.8 Å². The second kappa shape index (κ2) is 10.3. The molecule has 4 aromatic rings. The number of benzene rings is 3. The Balaban J connectivity index is 1.43. The van der Waals surface area contributed by atoms with E-state index in [0.717, 1.165) is 33.1 Å². The molecule has 4 rings (SSSR count). The zero-order chi connectivity index (χ0) is 22.3. The summed E-state index contributed by atoms with van der Waals surface area (Å²) in [5, 5.41) is 5.51. The maximum atomic E-state index is 12.3. The van der Waals surface area contributed by atoms with Crippen molar-refractivity contribution < 1.29 is 9.53 Å². The molecule has 8 heteroatoms. The van der Waals surface area contributed by atoms with Crippen LogP contribution in [-0.4, -0.2) is 34.5 Å². The van der Waals surface area contributed by atoms with Gasteiger partial charge >= 0.3 is 0 Å². The van der Waals surface area contributed by atoms with E-state index in [4.69, 9.17) is 21.3 Å². The van der Waals surface area contributed by atoms with Crippen molar-refractivity contribution in [1.82, 2.24) is 15.0 Å². The summed E-state index contributed by atoms with van der Waals surface area (Å²) in [4.78, 5) is 17.0. The average Bonchev–Trinajstić information content (AvgIpc) is 3.16. The molecule has 0 saturated heterocycles. The fraction of sp³-hybridized carbons (Fsp3) is 0.125. The number of thioether (sulfide) groups is 1. The van der Waals surface area contributed by atoms with Crippen molar-refractivity contribution in [3.8, 4) is 5.75 Å². The molecular weight excluding hydrogens is 444 g/mol. The molecule has 0 fully saturated rings. The molecule has 0 radical (unpaired) electrons. The van der Waals surface area contributed by atoms with Crippen LogP contribution in [0.3, 0.4) is 0 Å². The van der Waals surface area contributed by atoms with Crippen molar-refractivity contribution in [2.75, 3.05) is 12.9 Å². The number of nitrogens with zero attached hydrogens (tertiary/aromatic N) is 3. The van der Waals surface area contributed by atoms with Gasteiger partial charge in [-0.2, -0.15) is 5.10 Å². The average molecular weight is 465 g/mol. The van der Waals surface area contributed by atoms with Crippen LogP contribution in [0.5, 0.6) is 5.75 Å². The first-order valence-electron chi connectivity index (χ1n) is 9.91. The Morgan fingerprint density at radius 1 is 1.16 bits per heavy atom. The Morgan fingerprint density at radius 2 is 1.97 bits per heavy atom. The molecule has 0 atom stereocenters. The third-order valence-corrected chi connectivity index (χ3v) is 5.93. The summed E-state index contributed by atoms with van der Waals surface area (Å²) in [6.45, 7) is 0.635. The van der Waals surface area contributed by atoms with Gasteiger partial charge in [0.05, 0.1) is 36.7 Å². The zero-order valence-electron chi connectivity index (χ0n) is 17.4. The normalized spacial score (nSPS) is 11.2. The molecule has 0 saturated carbocycles. The summed E-state index contributed by atoms with van der Waals surface area (Å²) in [6.07, 6.45) is 1.58. The predicted octanol–water partition coefficient (Wildman–Crippen LogP) is 4.99. The summed E-state index contributed by atoms with van der Waals surface area (Å²) in [7, 11) is 1.61. The van der Waals surface area contributed by atoms with Crippen LogP contribution in [0.25, 0.3) is 11.0 Å². The molecule has 0 aliphatic carbocycles. The number of amides is 1. The van der Waals surface area contributed by atoms with Crippen LogP contribution in [-0.2, 0) is 11.3 Å². The molecule has 1 heterocycles. The summed E-state index contributed by atoms with van der Waals surface area (Å²) in [5.41, 5.74) is 6.41. The molecule has 0 bridgehead atoms. The van der Waals surface area contributed by atoms with Crippen LogP contribution < -0.4 is 10.2 Å². The van der Waals surface area contributed by atoms with Crippen molar-refractivity contribution >= 4 is 46.5 Å². The maximum absolute atomic E-state index is 12.3. The van der Waals surface area contributed by atoms with E-state index in [1.807, 2.05) is 72.8 Å². The molecule has 1 amide bonds. The van der Waals surface area contributed by atoms with Crippen molar-refractivity contribution in [3.05, 3.63) is 88.9 Å². The largest absolute Gasteiger partial charge is 0.497 e. The minimum atomic E-state index is -0.209. The number of para-hydroxylation sites is 2. The van der Waals surface area contributed by atoms with Gasteiger partial charge < -0.3 is 9.30 Å². The highest BCUT2D eigenvalue weighted by Crippen LogP contribution is 2.25. The van der Waals surface area contributed by atoms with E-state index in [2.05, 4.69) is 15.1 Å². The topological polar surface area (TPSA) is 68.5 Å². The monoisotopic (exact) mass is 464 g/mol. The molecule has 6 nitrogen and oxygen atoms in total. The fourth-order valence-electron chi connectivity index (χ4n) is 3.15. The van der Waals surface area contributed by atoms with E-state index in [1.54, 1.807) is 13.3 Å². The highest BCUT2D eigenvalue weighted by molar-refractivity contribution is 7.99. The minimum Gasteiger partial charge on any atom is -0.497 e. The highest BCUT2D eigenvalue weighted by atomic mass is 35.5. The van der Waals surface area contributed by atoms with Gasteiger partial charge in [0.15, 0.2) is 5.16 Å². The number of hydrogen-bond donors (Lipinski definition) is 1. The third kappa shape index (κ3) is 5.49. The Labute approximate surface area is 195 Å². The fourth-order valence-corrected chi connectivity index (χ4v) is 4.08. The SMILES string of the molecule is COc1cccc(/C=N\NC(=O)CSc2nc3ccccc3n2Cc2ccc(Cl)cc2)c1. The van der Waals surface area contributed by atoms with Crippen molar-refractivity contribution in [1.29, 1.82) is 0 Å². The lowest BCUT2D eigenvalue weighted by atomic mass is 10.2. The number of hydrazone groups is 1. The lowest BCUT2D eigenvalue weighted by molar-refractivity contribution is -0.118. The van der Waals surface area contributed by atoms with Gasteiger partial charge in [-0.3, -0.25) is 4.79 Å². The van der Waals surface area contributed by atoms with E-state index in [9.17, 15) is 4.79 Å². The molecule has 0 spiro atoms. The smallest absolute Gasteiger partial charge is 0.250 e. The van der Waals surface area contributed by atoms with Crippen molar-refractivity contribution in [2.45, 2.75) is 11.7 Å². The molecule has 3 aromatic carbocycles. The minimum absolute atomic E-state index is 0.194. The highest BCUT2D eigenvalue weighted by Gasteiger charge is 2.13. The summed E-state index contributed by atoms with van der Waals surface area (Å²) < 4.78 is 7.29. The maximum Gasteiger partial charge on any atom is 0.250 e. The van der Waals surface area contributed by atoms with Crippen LogP contribution in [0.1, 0.15) is 11.1 Å². The Bertz CT molecular complexity index is 1250. The van der Waals surface area contributed by atoms with Crippen molar-refractivity contribution in [2.24, 2.45) is 5.10 Å². The second-order valence-electron chi connectivity index (χ2n) is 6.95. The lowest BCUT2D eigenvalue weighted by Gasteiger charge is -2.09. The number of imidazole rings is 1. The van der Waals surface area contributed by atoms with Gasteiger partial charge in [-0.1, -0.05) is 59.8 Å². The Hall–Kier alpha value is -3.29. The zero-order valence-corrected chi connectivity index (χ0v) is 18.9. The van der Waals surface area contributed by atoms with Crippen LogP contribution in [0.4, 0.5) is 0 Å². The molecular formula is C24H21ClN4O2S. The molecule has 1 aromatic heterocycles. The number of hydrogen-bond acceptors (Lipinski definition) is 5. The van der Waals surface area contributed by atoms with Gasteiger partial charge in [-0.25, -0.2) is 10.4 Å². The Kier molecular flexibility index (Phi) is 7.09. The van der Waals surface area contributed by atoms with E-state index in [0.29, 0.717) is 11.6 Å². The summed E-state index contributed by atoms with van der Waals surface area (Å²) in [5.74, 6) is 0.717. The first-order valence-corrected chi connectivity index (χ1v) is 11.3. The lowest BCUT2D eigenvalue weighted by Crippen LogP contribution is -2.20. The van der Waals surface area contributed by atoms with E-state index in [-0.39, 0.29) is 11.7 Å². The van der Waals surface area contributed by atoms with Gasteiger partial charge in [-0.05, 0) is 47.5 Å². The van der Waals surface area contributed by atoms with E-state index < -0.39 is 0 Å². The van der Waals surface area contributed by atoms with E-state index >= 15 is 0 Å². The number of methoxy groups -OCH3 is 1. The number of nitrogens with one attached hydrogen (secondary N) is 1. The molecule has 162 valence electrons. The first-order chi connectivity index (χ1) is 15.6. The van der Waals surface area contributed by atoms with Crippen LogP contribution in [0.15, 0.2) is 83.1 Å². The van der Waals surface area contributed by atoms with Crippen LogP contribution in [0, 0.1) is 0 Å². The second-order valence-corrected chi connectivity index (χ2v) is 8.33. The number of carbonyl (C=O) groups is 1. The molecule has 0 aliphatic heterocycles. The number of aromatic nitrogens is 2. The number of fused-ring (bicyclic) bond motifs is 1. The van der Waals surface area contributed by atoms with Crippen LogP contribution >= 0.6 is 23.4 Å². The molecule has 0 unspecified atom stereocenters. The molecule has 0 aliphatic rings. The number of carbonyl (C=O) groups excluding carboxylic acids is 1. The van der Waals surface area contributed by atoms with Crippen molar-refractivity contribution in [3.63, 3.8) is 0 Å². The van der Waals surface area contributed by atoms with Gasteiger partial charge in [-0.15, -0.1) is 0 Å². The quantitative estimate of drug-likeness (QED) is 0.226. The van der Waals surface area contributed by atoms with Gasteiger partial charge in [0.2, 0.25) is 0 Å². The molecule has 1 N–H and O–H groups in total. The van der Waals surface area contributed by atoms with Gasteiger partial charge in [0, 0.05) is 5.02 Å². The number of rotatable bonds is 8. The standard InChI is InChI=1S/C24H21ClN4O2S/c1-31-20-6-4-5-18(13-20)14-26-28-23(30)16-32-24-27-21-7-2-3-8-22(21)29(24)15-17-9-11-19(25)12-10-17/h2-14H,15-16H2,1H3,(H,28,30)/b26-14-. The van der Waals surface area contributed by atoms with Gasteiger partial charge in [0.1, 0.15) is 5.75 Å². The van der Waals surface area contributed by atoms with Crippen LogP contribution in [0.2, 0.25) is 5.02 Å². The van der Waals surface area contributed by atoms with Gasteiger partial charge in [0.25, 0.3) is 5.91 Å². The number of halogens is 1. The predicted molar refractivity (Wildman–Crippen MR) is 130 cm³/mol. The summed E-state index contributed by atoms with van der Waals surface area (Å²) in [6, 6.07) is 23.1. The third-order valence-electron chi connectivity index (χ3n) is 4.70. The number of ether oxygens (including phenoxy) is 1. The Morgan fingerprint density at radius 3 is 2.78 bits per heavy atom.